The zero-order chi connectivity index (χ0) is 4.50. The molecule has 0 saturated carbocycles. The van der Waals surface area contributed by atoms with E-state index in [1.165, 1.54) is 0 Å². The normalized spacial score (nSPS) is 8.29. The third-order valence-corrected chi connectivity index (χ3v) is 0. The molecule has 7 heteroatoms. The molecule has 1 radical (unpaired) electrons. The second kappa shape index (κ2) is 5.30. The van der Waals surface area contributed by atoms with Gasteiger partial charge in [-0.1, -0.05) is 0 Å². The van der Waals surface area contributed by atoms with Crippen LogP contribution in [0.25, 0.3) is 0 Å². The van der Waals surface area contributed by atoms with Crippen LogP contribution in [0.3, 0.4) is 0 Å². The minimum Gasteiger partial charge on any atom is -1.00 e. The maximum Gasteiger partial charge on any atom is 2.00 e. The molecule has 0 aromatic heterocycles. The molecule has 0 amide bonds. The Kier molecular flexibility index (Phi) is 11.9. The van der Waals surface area contributed by atoms with E-state index in [0.717, 1.165) is 0 Å². The van der Waals surface area contributed by atoms with Crippen molar-refractivity contribution in [3.8, 4) is 0 Å². The predicted molar refractivity (Wildman–Crippen MR) is 22.2 cm³/mol. The van der Waals surface area contributed by atoms with E-state index in [0.29, 0.717) is 0 Å². The summed E-state index contributed by atoms with van der Waals surface area (Å²) >= 11 is 0. The van der Waals surface area contributed by atoms with E-state index < -0.39 is 10.4 Å². The van der Waals surface area contributed by atoms with Crippen molar-refractivity contribution in [3.05, 3.63) is 0 Å². The van der Waals surface area contributed by atoms with Crippen molar-refractivity contribution < 1.29 is 37.4 Å². The van der Waals surface area contributed by atoms with E-state index in [1.807, 2.05) is 0 Å². The van der Waals surface area contributed by atoms with Gasteiger partial charge in [0.15, 0.2) is 0 Å². The Balaban J connectivity index is -0.0000000133. The minimum absolute atomic E-state index is 0. The fourth-order valence-electron chi connectivity index (χ4n) is 0. The third kappa shape index (κ3) is 142. The molecule has 0 spiro atoms. The van der Waals surface area contributed by atoms with Crippen LogP contribution in [0.15, 0.2) is 0 Å². The Morgan fingerprint density at radius 3 is 1.29 bits per heavy atom. The molecule has 2 N–H and O–H groups in total. The van der Waals surface area contributed by atoms with E-state index in [2.05, 4.69) is 0 Å². The smallest absolute Gasteiger partial charge is 1.00 e. The van der Waals surface area contributed by atoms with Crippen molar-refractivity contribution in [1.29, 1.82) is 0 Å². The first-order valence-corrected chi connectivity index (χ1v) is 2.10. The molecule has 4 nitrogen and oxygen atoms in total. The maximum atomic E-state index is 8.74. The van der Waals surface area contributed by atoms with Crippen molar-refractivity contribution in [2.75, 3.05) is 0 Å². The molecule has 0 aromatic carbocycles. The van der Waals surface area contributed by atoms with Crippen molar-refractivity contribution in [2.24, 2.45) is 0 Å². The molecule has 0 aromatic rings. The molecular formula is H4MgMnO4S. The maximum absolute atomic E-state index is 8.74. The van der Waals surface area contributed by atoms with E-state index in [4.69, 9.17) is 17.5 Å². The first kappa shape index (κ1) is 15.7. The van der Waals surface area contributed by atoms with Crippen LogP contribution >= 0.6 is 0 Å². The van der Waals surface area contributed by atoms with Crippen molar-refractivity contribution in [2.45, 2.75) is 0 Å². The van der Waals surface area contributed by atoms with E-state index in [9.17, 15) is 0 Å². The van der Waals surface area contributed by atoms with Gasteiger partial charge in [-0.2, -0.15) is 8.42 Å². The van der Waals surface area contributed by atoms with Crippen LogP contribution in [0.1, 0.15) is 2.85 Å². The first-order chi connectivity index (χ1) is 2.00. The van der Waals surface area contributed by atoms with Gasteiger partial charge in [0, 0.05) is 17.1 Å². The first-order valence-electron chi connectivity index (χ1n) is 0.698. The van der Waals surface area contributed by atoms with Gasteiger partial charge in [-0.05, 0) is 0 Å². The van der Waals surface area contributed by atoms with Gasteiger partial charge in [0.05, 0.1) is 0 Å². The molecule has 0 aliphatic carbocycles. The Bertz CT molecular complexity index is 102. The van der Waals surface area contributed by atoms with Crippen LogP contribution in [0.5, 0.6) is 0 Å². The summed E-state index contributed by atoms with van der Waals surface area (Å²) in [6, 6.07) is 0. The largest absolute Gasteiger partial charge is 2.00 e. The van der Waals surface area contributed by atoms with Crippen molar-refractivity contribution in [3.63, 3.8) is 0 Å². The van der Waals surface area contributed by atoms with Gasteiger partial charge in [-0.3, -0.25) is 9.11 Å². The molecule has 43 valence electrons. The molecule has 0 heterocycles. The summed E-state index contributed by atoms with van der Waals surface area (Å²) in [5, 5.41) is 0. The average molecular weight is 179 g/mol. The number of rotatable bonds is 0. The molecule has 0 bridgehead atoms. The third-order valence-electron chi connectivity index (χ3n) is 0. The fourth-order valence-corrected chi connectivity index (χ4v) is 0. The summed E-state index contributed by atoms with van der Waals surface area (Å²) in [4.78, 5) is 0. The van der Waals surface area contributed by atoms with Gasteiger partial charge >= 0.3 is 33.5 Å². The van der Waals surface area contributed by atoms with Crippen LogP contribution in [-0.2, 0) is 27.5 Å². The summed E-state index contributed by atoms with van der Waals surface area (Å²) in [6.45, 7) is 0. The van der Waals surface area contributed by atoms with Gasteiger partial charge in [-0.15, -0.1) is 0 Å². The Morgan fingerprint density at radius 1 is 1.29 bits per heavy atom. The van der Waals surface area contributed by atoms with Crippen LogP contribution in [0.2, 0.25) is 0 Å². The summed E-state index contributed by atoms with van der Waals surface area (Å²) in [6.07, 6.45) is 0. The summed E-state index contributed by atoms with van der Waals surface area (Å²) in [5.74, 6) is 0. The zero-order valence-electron chi connectivity index (χ0n) is 5.20. The molecule has 7 heavy (non-hydrogen) atoms. The molecule has 0 saturated heterocycles. The standard InChI is InChI=1S/Mg.Mn.H2O4S.2H/c;;1-5(2,3)4;;/h;;(H2,1,2,3,4);;/q+2;;;2*-1. The second-order valence-electron chi connectivity index (χ2n) is 0.448. The van der Waals surface area contributed by atoms with Gasteiger partial charge in [0.25, 0.3) is 0 Å². The average Bonchev–Trinajstić information content (AvgIpc) is 0.722. The summed E-state index contributed by atoms with van der Waals surface area (Å²) < 4.78 is 31.6. The minimum atomic E-state index is -4.67. The van der Waals surface area contributed by atoms with E-state index in [-0.39, 0.29) is 43.0 Å². The van der Waals surface area contributed by atoms with Crippen LogP contribution < -0.4 is 0 Å². The summed E-state index contributed by atoms with van der Waals surface area (Å²) in [5.41, 5.74) is 0. The molecule has 0 atom stereocenters. The van der Waals surface area contributed by atoms with Gasteiger partial charge in [-0.25, -0.2) is 0 Å². The quantitative estimate of drug-likeness (QED) is 0.377. The van der Waals surface area contributed by atoms with Crippen LogP contribution in [0, 0.1) is 0 Å². The summed E-state index contributed by atoms with van der Waals surface area (Å²) in [7, 11) is -4.67. The van der Waals surface area contributed by atoms with Gasteiger partial charge in [0.2, 0.25) is 0 Å². The van der Waals surface area contributed by atoms with Crippen molar-refractivity contribution >= 4 is 33.5 Å². The molecule has 0 aliphatic heterocycles. The Hall–Kier alpha value is 1.16. The van der Waals surface area contributed by atoms with Crippen molar-refractivity contribution in [1.82, 2.24) is 0 Å². The Labute approximate surface area is 70.8 Å². The molecule has 0 unspecified atom stereocenters. The SMILES string of the molecule is O=S(=O)(O)O.[H-].[H-].[Mg+2].[Mn]. The van der Waals surface area contributed by atoms with E-state index >= 15 is 0 Å². The fraction of sp³-hybridized carbons (Fsp3) is 0. The Morgan fingerprint density at radius 2 is 1.29 bits per heavy atom. The molecule has 0 aliphatic rings. The topological polar surface area (TPSA) is 74.6 Å². The zero-order valence-corrected chi connectivity index (χ0v) is 6.62. The number of hydrogen-bond donors (Lipinski definition) is 2. The van der Waals surface area contributed by atoms with Gasteiger partial charge in [0.1, 0.15) is 0 Å². The number of hydrogen-bond acceptors (Lipinski definition) is 2. The van der Waals surface area contributed by atoms with Crippen LogP contribution in [0.4, 0.5) is 0 Å². The van der Waals surface area contributed by atoms with Crippen LogP contribution in [-0.4, -0.2) is 40.6 Å². The predicted octanol–water partition coefficient (Wildman–Crippen LogP) is -0.811. The monoisotopic (exact) mass is 179 g/mol. The molecule has 0 fully saturated rings. The van der Waals surface area contributed by atoms with Gasteiger partial charge < -0.3 is 2.85 Å². The molecular weight excluding hydrogens is 175 g/mol. The second-order valence-corrected chi connectivity index (χ2v) is 1.34. The van der Waals surface area contributed by atoms with E-state index in [1.54, 1.807) is 0 Å². The molecule has 0 rings (SSSR count).